The van der Waals surface area contributed by atoms with Crippen LogP contribution in [0.5, 0.6) is 23.0 Å². The van der Waals surface area contributed by atoms with Crippen LogP contribution >= 0.6 is 0 Å². The number of likely N-dealkylation sites (N-methyl/N-ethyl adjacent to an activating group) is 1. The van der Waals surface area contributed by atoms with Crippen LogP contribution in [0.2, 0.25) is 0 Å². The van der Waals surface area contributed by atoms with Crippen LogP contribution in [0, 0.1) is 0 Å². The van der Waals surface area contributed by atoms with E-state index in [4.69, 9.17) is 18.9 Å². The molecule has 0 bridgehead atoms. The Labute approximate surface area is 275 Å². The van der Waals surface area contributed by atoms with E-state index >= 15 is 0 Å². The molecule has 2 saturated heterocycles. The monoisotopic (exact) mass is 648 g/mol. The number of methoxy groups -OCH3 is 2. The zero-order chi connectivity index (χ0) is 33.7. The first-order chi connectivity index (χ1) is 22.7. The molecule has 1 unspecified atom stereocenters. The molecule has 2 amide bonds. The number of carbonyl (C=O) groups is 3. The molecular formula is C35H44N4O8. The number of nitrogens with one attached hydrogen (secondary N) is 1. The molecule has 0 aromatic heterocycles. The quantitative estimate of drug-likeness (QED) is 0.167. The van der Waals surface area contributed by atoms with Crippen molar-refractivity contribution >= 4 is 30.0 Å². The molecule has 0 saturated carbocycles. The summed E-state index contributed by atoms with van der Waals surface area (Å²) in [5.74, 6) is 1.47. The predicted octanol–water partition coefficient (Wildman–Crippen LogP) is 3.88. The van der Waals surface area contributed by atoms with Gasteiger partial charge in [0, 0.05) is 49.1 Å². The highest BCUT2D eigenvalue weighted by molar-refractivity contribution is 6.04. The van der Waals surface area contributed by atoms with Crippen molar-refractivity contribution in [2.75, 3.05) is 64.3 Å². The smallest absolute Gasteiger partial charge is 0.256 e. The summed E-state index contributed by atoms with van der Waals surface area (Å²) in [4.78, 5) is 42.2. The summed E-state index contributed by atoms with van der Waals surface area (Å²) in [5, 5.41) is 14.4. The second-order valence-corrected chi connectivity index (χ2v) is 12.3. The number of benzene rings is 2. The lowest BCUT2D eigenvalue weighted by molar-refractivity contribution is -0.109. The summed E-state index contributed by atoms with van der Waals surface area (Å²) in [5.41, 5.74) is 3.73. The molecule has 2 aromatic carbocycles. The second-order valence-electron chi connectivity index (χ2n) is 12.3. The van der Waals surface area contributed by atoms with Crippen LogP contribution in [0.1, 0.15) is 52.8 Å². The van der Waals surface area contributed by atoms with Crippen LogP contribution < -0.4 is 29.2 Å². The predicted molar refractivity (Wildman–Crippen MR) is 178 cm³/mol. The zero-order valence-electron chi connectivity index (χ0n) is 27.3. The fourth-order valence-corrected chi connectivity index (χ4v) is 6.46. The molecule has 0 spiro atoms. The van der Waals surface area contributed by atoms with Gasteiger partial charge < -0.3 is 34.3 Å². The molecular weight excluding hydrogens is 604 g/mol. The second kappa shape index (κ2) is 14.9. The maximum atomic E-state index is 13.4. The largest absolute Gasteiger partial charge is 0.493 e. The van der Waals surface area contributed by atoms with E-state index in [0.717, 1.165) is 37.7 Å². The number of rotatable bonds is 15. The molecule has 12 heteroatoms. The number of likely N-dealkylation sites (tertiary alicyclic amines) is 1. The van der Waals surface area contributed by atoms with Gasteiger partial charge in [0.15, 0.2) is 35.5 Å². The van der Waals surface area contributed by atoms with E-state index in [1.165, 1.54) is 17.6 Å². The number of fused-ring (bicyclic) bond motifs is 2. The van der Waals surface area contributed by atoms with Crippen molar-refractivity contribution in [2.24, 2.45) is 0 Å². The van der Waals surface area contributed by atoms with Crippen LogP contribution in [-0.4, -0.2) is 106 Å². The molecule has 252 valence electrons. The number of nitrogens with zero attached hydrogens (tertiary/aromatic N) is 3. The lowest BCUT2D eigenvalue weighted by atomic mass is 10.1. The topological polar surface area (TPSA) is 130 Å². The molecule has 12 nitrogen and oxygen atoms in total. The number of hydrogen-bond acceptors (Lipinski definition) is 10. The van der Waals surface area contributed by atoms with Crippen molar-refractivity contribution in [3.8, 4) is 23.0 Å². The first kappa shape index (κ1) is 33.8. The molecule has 5 rings (SSSR count). The number of hydrogen-bond donors (Lipinski definition) is 2. The third-order valence-electron chi connectivity index (χ3n) is 9.00. The lowest BCUT2D eigenvalue weighted by Crippen LogP contribution is -2.48. The number of anilines is 2. The van der Waals surface area contributed by atoms with Crippen molar-refractivity contribution in [2.45, 2.75) is 50.4 Å². The summed E-state index contributed by atoms with van der Waals surface area (Å²) in [7, 11) is 5.10. The van der Waals surface area contributed by atoms with Crippen molar-refractivity contribution in [3.05, 3.63) is 59.7 Å². The lowest BCUT2D eigenvalue weighted by Gasteiger charge is -2.29. The van der Waals surface area contributed by atoms with Gasteiger partial charge in [-0.25, -0.2) is 0 Å². The molecule has 3 aliphatic heterocycles. The first-order valence-electron chi connectivity index (χ1n) is 15.8. The SMILES string of the molecule is C=C1CC(CNc2cc(OCCCCCOc3cc4c(cc3OC)C(=O)N3CC(=C)C[C@H]3[C@H](O)N4C=O)c(OC)cc2C=O)N(C)C1. The molecule has 0 aliphatic carbocycles. The molecule has 2 fully saturated rings. The molecule has 3 aliphatic rings. The Kier molecular flexibility index (Phi) is 10.7. The van der Waals surface area contributed by atoms with E-state index in [1.54, 1.807) is 30.2 Å². The maximum Gasteiger partial charge on any atom is 0.256 e. The van der Waals surface area contributed by atoms with E-state index in [2.05, 4.69) is 30.4 Å². The van der Waals surface area contributed by atoms with Gasteiger partial charge in [-0.2, -0.15) is 0 Å². The van der Waals surface area contributed by atoms with Crippen molar-refractivity contribution in [1.29, 1.82) is 0 Å². The minimum absolute atomic E-state index is 0.251. The highest BCUT2D eigenvalue weighted by atomic mass is 16.5. The Morgan fingerprint density at radius 3 is 2.19 bits per heavy atom. The van der Waals surface area contributed by atoms with E-state index in [0.29, 0.717) is 85.8 Å². The summed E-state index contributed by atoms with van der Waals surface area (Å²) in [6.07, 6.45) is 3.69. The Morgan fingerprint density at radius 1 is 0.915 bits per heavy atom. The third-order valence-corrected chi connectivity index (χ3v) is 9.00. The standard InChI is InChI=1S/C35H44N4O8/c1-22-11-25(37(3)18-22)17-36-27-15-32(30(44-4)13-24(27)20-40)46-9-7-6-8-10-47-33-16-28-26(14-31(33)45-5)34(42)38-19-23(2)12-29(38)35(43)39(28)21-41/h13-16,20-21,25,29,35-36,43H,1-2,6-12,17-19H2,3-5H3/t25?,29-,35-/m0/s1. The Bertz CT molecular complexity index is 1530. The van der Waals surface area contributed by atoms with Gasteiger partial charge in [0.05, 0.1) is 44.7 Å². The normalized spacial score (nSPS) is 20.9. The Balaban J connectivity index is 1.16. The van der Waals surface area contributed by atoms with Gasteiger partial charge in [-0.05, 0) is 51.3 Å². The van der Waals surface area contributed by atoms with Gasteiger partial charge in [0.25, 0.3) is 5.91 Å². The molecule has 2 aromatic rings. The fourth-order valence-electron chi connectivity index (χ4n) is 6.46. The molecule has 3 atom stereocenters. The average Bonchev–Trinajstić information content (AvgIpc) is 3.60. The maximum absolute atomic E-state index is 13.4. The zero-order valence-corrected chi connectivity index (χ0v) is 27.3. The highest BCUT2D eigenvalue weighted by Crippen LogP contribution is 2.41. The van der Waals surface area contributed by atoms with Gasteiger partial charge in [-0.15, -0.1) is 0 Å². The van der Waals surface area contributed by atoms with Gasteiger partial charge in [0.2, 0.25) is 6.41 Å². The van der Waals surface area contributed by atoms with Gasteiger partial charge in [-0.1, -0.05) is 24.3 Å². The van der Waals surface area contributed by atoms with E-state index in [1.807, 2.05) is 6.07 Å². The van der Waals surface area contributed by atoms with E-state index < -0.39 is 12.3 Å². The van der Waals surface area contributed by atoms with Crippen LogP contribution in [0.25, 0.3) is 0 Å². The summed E-state index contributed by atoms with van der Waals surface area (Å²) in [6, 6.07) is 6.36. The summed E-state index contributed by atoms with van der Waals surface area (Å²) < 4.78 is 23.1. The summed E-state index contributed by atoms with van der Waals surface area (Å²) >= 11 is 0. The van der Waals surface area contributed by atoms with Crippen molar-refractivity contribution in [3.63, 3.8) is 0 Å². The fraction of sp³-hybridized carbons (Fsp3) is 0.457. The Morgan fingerprint density at radius 2 is 1.57 bits per heavy atom. The van der Waals surface area contributed by atoms with Gasteiger partial charge in [-0.3, -0.25) is 24.2 Å². The Hall–Kier alpha value is -4.55. The van der Waals surface area contributed by atoms with E-state index in [-0.39, 0.29) is 17.2 Å². The summed E-state index contributed by atoms with van der Waals surface area (Å²) in [6.45, 7) is 10.7. The van der Waals surface area contributed by atoms with E-state index in [9.17, 15) is 19.5 Å². The number of aldehydes is 1. The number of carbonyl (C=O) groups excluding carboxylic acids is 3. The number of aliphatic hydroxyl groups is 1. The number of aliphatic hydroxyl groups excluding tert-OH is 1. The first-order valence-corrected chi connectivity index (χ1v) is 15.8. The number of ether oxygens (including phenoxy) is 4. The van der Waals surface area contributed by atoms with Gasteiger partial charge >= 0.3 is 0 Å². The van der Waals surface area contributed by atoms with Crippen LogP contribution in [0.15, 0.2) is 48.6 Å². The van der Waals surface area contributed by atoms with Crippen LogP contribution in [0.3, 0.4) is 0 Å². The highest BCUT2D eigenvalue weighted by Gasteiger charge is 2.43. The molecule has 3 heterocycles. The minimum Gasteiger partial charge on any atom is -0.493 e. The number of unbranched alkanes of at least 4 members (excludes halogenated alkanes) is 2. The average molecular weight is 649 g/mol. The molecule has 2 N–H and O–H groups in total. The third kappa shape index (κ3) is 7.23. The van der Waals surface area contributed by atoms with Gasteiger partial charge in [0.1, 0.15) is 0 Å². The number of amides is 2. The minimum atomic E-state index is -1.22. The van der Waals surface area contributed by atoms with Crippen LogP contribution in [-0.2, 0) is 4.79 Å². The molecule has 47 heavy (non-hydrogen) atoms. The van der Waals surface area contributed by atoms with Crippen molar-refractivity contribution in [1.82, 2.24) is 9.80 Å². The van der Waals surface area contributed by atoms with Crippen LogP contribution in [0.4, 0.5) is 11.4 Å². The molecule has 0 radical (unpaired) electrons. The van der Waals surface area contributed by atoms with Crippen molar-refractivity contribution < 1.29 is 38.4 Å².